The number of carbonyl (C=O) groups is 3. The maximum Gasteiger partial charge on any atom is 0.316 e. The zero-order chi connectivity index (χ0) is 14.3. The molecule has 0 unspecified atom stereocenters. The molecule has 0 aliphatic rings. The molecule has 0 aromatic heterocycles. The van der Waals surface area contributed by atoms with E-state index in [1.165, 1.54) is 0 Å². The number of carboxylic acid groups (broad SMARTS) is 1. The van der Waals surface area contributed by atoms with Crippen LogP contribution in [0.1, 0.15) is 19.3 Å². The van der Waals surface area contributed by atoms with Gasteiger partial charge in [0.15, 0.2) is 0 Å². The second-order valence-electron chi connectivity index (χ2n) is 3.86. The van der Waals surface area contributed by atoms with Crippen molar-refractivity contribution >= 4 is 29.3 Å². The van der Waals surface area contributed by atoms with Crippen LogP contribution < -0.4 is 16.4 Å². The van der Waals surface area contributed by atoms with Gasteiger partial charge in [-0.05, 0) is 30.7 Å². The number of amides is 3. The van der Waals surface area contributed by atoms with Crippen LogP contribution in [0, 0.1) is 0 Å². The Balaban J connectivity index is 2.42. The maximum atomic E-state index is 11.5. The number of aliphatic carboxylic acids is 1. The standard InChI is InChI=1S/C12H15N3O4/c13-12(19)15-9-6-4-8(5-7-9)14-10(16)2-1-3-11(17)18/h4-7H,1-3H2,(H,14,16)(H,17,18)(H3,13,15,19). The molecule has 0 saturated carbocycles. The van der Waals surface area contributed by atoms with Gasteiger partial charge in [0, 0.05) is 24.2 Å². The summed E-state index contributed by atoms with van der Waals surface area (Å²) in [7, 11) is 0. The van der Waals surface area contributed by atoms with E-state index in [4.69, 9.17) is 10.8 Å². The van der Waals surface area contributed by atoms with Crippen LogP contribution in [0.2, 0.25) is 0 Å². The Hall–Kier alpha value is -2.57. The first-order valence-corrected chi connectivity index (χ1v) is 5.65. The minimum Gasteiger partial charge on any atom is -0.481 e. The van der Waals surface area contributed by atoms with Crippen LogP contribution in [0.5, 0.6) is 0 Å². The van der Waals surface area contributed by atoms with Gasteiger partial charge in [-0.15, -0.1) is 0 Å². The Morgan fingerprint density at radius 3 is 2.00 bits per heavy atom. The summed E-state index contributed by atoms with van der Waals surface area (Å²) in [6.45, 7) is 0. The lowest BCUT2D eigenvalue weighted by Gasteiger charge is -2.06. The predicted octanol–water partition coefficient (Wildman–Crippen LogP) is 1.37. The van der Waals surface area contributed by atoms with E-state index < -0.39 is 12.0 Å². The second kappa shape index (κ2) is 7.00. The molecule has 19 heavy (non-hydrogen) atoms. The van der Waals surface area contributed by atoms with E-state index in [2.05, 4.69) is 10.6 Å². The highest BCUT2D eigenvalue weighted by Crippen LogP contribution is 2.13. The molecule has 0 aliphatic carbocycles. The van der Waals surface area contributed by atoms with Crippen LogP contribution in [0.25, 0.3) is 0 Å². The van der Waals surface area contributed by atoms with Gasteiger partial charge in [0.1, 0.15) is 0 Å². The van der Waals surface area contributed by atoms with Crippen molar-refractivity contribution in [2.24, 2.45) is 5.73 Å². The minimum absolute atomic E-state index is 0.0328. The Morgan fingerprint density at radius 2 is 1.53 bits per heavy atom. The molecular weight excluding hydrogens is 250 g/mol. The average molecular weight is 265 g/mol. The summed E-state index contributed by atoms with van der Waals surface area (Å²) in [5.41, 5.74) is 6.04. The molecule has 5 N–H and O–H groups in total. The van der Waals surface area contributed by atoms with Crippen molar-refractivity contribution in [3.63, 3.8) is 0 Å². The SMILES string of the molecule is NC(=O)Nc1ccc(NC(=O)CCCC(=O)O)cc1. The van der Waals surface area contributed by atoms with Crippen LogP contribution >= 0.6 is 0 Å². The summed E-state index contributed by atoms with van der Waals surface area (Å²) in [6, 6.07) is 5.75. The molecule has 1 rings (SSSR count). The van der Waals surface area contributed by atoms with Crippen molar-refractivity contribution in [2.75, 3.05) is 10.6 Å². The van der Waals surface area contributed by atoms with Gasteiger partial charge in [-0.1, -0.05) is 0 Å². The van der Waals surface area contributed by atoms with Crippen molar-refractivity contribution in [3.8, 4) is 0 Å². The Bertz CT molecular complexity index is 470. The van der Waals surface area contributed by atoms with Gasteiger partial charge in [-0.25, -0.2) is 4.79 Å². The fourth-order valence-corrected chi connectivity index (χ4v) is 1.40. The highest BCUT2D eigenvalue weighted by atomic mass is 16.4. The third kappa shape index (κ3) is 6.06. The van der Waals surface area contributed by atoms with E-state index >= 15 is 0 Å². The van der Waals surface area contributed by atoms with Crippen LogP contribution in [-0.2, 0) is 9.59 Å². The minimum atomic E-state index is -0.922. The number of hydrogen-bond acceptors (Lipinski definition) is 3. The molecule has 3 amide bonds. The number of hydrogen-bond donors (Lipinski definition) is 4. The zero-order valence-electron chi connectivity index (χ0n) is 10.2. The number of carboxylic acids is 1. The lowest BCUT2D eigenvalue weighted by atomic mass is 10.2. The third-order valence-electron chi connectivity index (χ3n) is 2.23. The van der Waals surface area contributed by atoms with Crippen molar-refractivity contribution in [3.05, 3.63) is 24.3 Å². The fourth-order valence-electron chi connectivity index (χ4n) is 1.40. The Labute approximate surface area is 109 Å². The summed E-state index contributed by atoms with van der Waals surface area (Å²) in [4.78, 5) is 32.3. The summed E-state index contributed by atoms with van der Waals surface area (Å²) in [5, 5.41) is 13.5. The summed E-state index contributed by atoms with van der Waals surface area (Å²) in [5.74, 6) is -1.17. The quantitative estimate of drug-likeness (QED) is 0.620. The smallest absolute Gasteiger partial charge is 0.316 e. The van der Waals surface area contributed by atoms with Crippen LogP contribution in [-0.4, -0.2) is 23.0 Å². The van der Waals surface area contributed by atoms with Gasteiger partial charge in [-0.2, -0.15) is 0 Å². The lowest BCUT2D eigenvalue weighted by molar-refractivity contribution is -0.137. The van der Waals surface area contributed by atoms with Crippen molar-refractivity contribution in [1.29, 1.82) is 0 Å². The number of rotatable bonds is 6. The van der Waals surface area contributed by atoms with Crippen LogP contribution in [0.15, 0.2) is 24.3 Å². The number of nitrogens with two attached hydrogens (primary N) is 1. The average Bonchev–Trinajstić information content (AvgIpc) is 2.30. The van der Waals surface area contributed by atoms with E-state index in [0.717, 1.165) is 0 Å². The molecule has 0 aliphatic heterocycles. The Morgan fingerprint density at radius 1 is 1.00 bits per heavy atom. The second-order valence-corrected chi connectivity index (χ2v) is 3.86. The van der Waals surface area contributed by atoms with Crippen LogP contribution in [0.4, 0.5) is 16.2 Å². The number of benzene rings is 1. The predicted molar refractivity (Wildman–Crippen MR) is 69.8 cm³/mol. The molecule has 7 heteroatoms. The van der Waals surface area contributed by atoms with Crippen molar-refractivity contribution in [1.82, 2.24) is 0 Å². The monoisotopic (exact) mass is 265 g/mol. The topological polar surface area (TPSA) is 122 Å². The first-order valence-electron chi connectivity index (χ1n) is 5.65. The molecule has 1 aromatic rings. The Kier molecular flexibility index (Phi) is 5.34. The van der Waals surface area contributed by atoms with E-state index in [9.17, 15) is 14.4 Å². The number of carbonyl (C=O) groups excluding carboxylic acids is 2. The van der Waals surface area contributed by atoms with Gasteiger partial charge in [0.2, 0.25) is 5.91 Å². The maximum absolute atomic E-state index is 11.5. The molecule has 0 radical (unpaired) electrons. The normalized spacial score (nSPS) is 9.68. The van der Waals surface area contributed by atoms with Gasteiger partial charge in [0.05, 0.1) is 0 Å². The molecule has 0 fully saturated rings. The van der Waals surface area contributed by atoms with Crippen LogP contribution in [0.3, 0.4) is 0 Å². The molecule has 0 spiro atoms. The number of urea groups is 1. The molecule has 0 bridgehead atoms. The summed E-state index contributed by atoms with van der Waals surface area (Å²) >= 11 is 0. The molecular formula is C12H15N3O4. The molecule has 0 saturated heterocycles. The van der Waals surface area contributed by atoms with E-state index in [1.807, 2.05) is 0 Å². The van der Waals surface area contributed by atoms with Crippen molar-refractivity contribution < 1.29 is 19.5 Å². The van der Waals surface area contributed by atoms with Gasteiger partial charge in [0.25, 0.3) is 0 Å². The summed E-state index contributed by atoms with van der Waals surface area (Å²) < 4.78 is 0. The van der Waals surface area contributed by atoms with E-state index in [0.29, 0.717) is 17.8 Å². The van der Waals surface area contributed by atoms with Crippen molar-refractivity contribution in [2.45, 2.75) is 19.3 Å². The van der Waals surface area contributed by atoms with E-state index in [-0.39, 0.29) is 18.7 Å². The molecule has 1 aromatic carbocycles. The molecule has 7 nitrogen and oxygen atoms in total. The number of primary amides is 1. The number of nitrogens with one attached hydrogen (secondary N) is 2. The van der Waals surface area contributed by atoms with E-state index in [1.54, 1.807) is 24.3 Å². The fraction of sp³-hybridized carbons (Fsp3) is 0.250. The first kappa shape index (κ1) is 14.5. The molecule has 0 heterocycles. The first-order chi connectivity index (χ1) is 8.97. The largest absolute Gasteiger partial charge is 0.481 e. The number of anilines is 2. The molecule has 102 valence electrons. The molecule has 0 atom stereocenters. The van der Waals surface area contributed by atoms with Gasteiger partial charge >= 0.3 is 12.0 Å². The van der Waals surface area contributed by atoms with Gasteiger partial charge in [-0.3, -0.25) is 9.59 Å². The highest BCUT2D eigenvalue weighted by Gasteiger charge is 2.04. The zero-order valence-corrected chi connectivity index (χ0v) is 10.2. The summed E-state index contributed by atoms with van der Waals surface area (Å²) in [6.07, 6.45) is 0.408. The van der Waals surface area contributed by atoms with Gasteiger partial charge < -0.3 is 21.5 Å². The highest BCUT2D eigenvalue weighted by molar-refractivity contribution is 5.92. The third-order valence-corrected chi connectivity index (χ3v) is 2.23. The lowest BCUT2D eigenvalue weighted by Crippen LogP contribution is -2.19.